The molecule has 0 radical (unpaired) electrons. The fourth-order valence-corrected chi connectivity index (χ4v) is 2.76. The second kappa shape index (κ2) is 11.2. The normalized spacial score (nSPS) is 10.5. The summed E-state index contributed by atoms with van der Waals surface area (Å²) < 4.78 is 31.4. The lowest BCUT2D eigenvalue weighted by atomic mass is 10.00. The smallest absolute Gasteiger partial charge is 0.343 e. The van der Waals surface area contributed by atoms with Gasteiger partial charge in [0.15, 0.2) is 5.78 Å². The van der Waals surface area contributed by atoms with Crippen LogP contribution in [0.3, 0.4) is 0 Å². The average Bonchev–Trinajstić information content (AvgIpc) is 2.78. The van der Waals surface area contributed by atoms with Crippen molar-refractivity contribution in [2.45, 2.75) is 0 Å². The summed E-state index contributed by atoms with van der Waals surface area (Å²) in [5.74, 6) is -0.956. The molecule has 4 N–H and O–H groups in total. The Morgan fingerprint density at radius 3 is 1.94 bits per heavy atom. The van der Waals surface area contributed by atoms with Crippen molar-refractivity contribution in [1.29, 1.82) is 5.41 Å². The maximum atomic E-state index is 13.0. The lowest BCUT2D eigenvalue weighted by molar-refractivity contribution is 0.0733. The van der Waals surface area contributed by atoms with Crippen molar-refractivity contribution >= 4 is 33.4 Å². The van der Waals surface area contributed by atoms with Gasteiger partial charge in [0.1, 0.15) is 11.6 Å². The highest BCUT2D eigenvalue weighted by molar-refractivity contribution is 7.85. The molecule has 0 aliphatic heterocycles. The van der Waals surface area contributed by atoms with Crippen LogP contribution in [0.15, 0.2) is 72.8 Å². The van der Waals surface area contributed by atoms with Gasteiger partial charge >= 0.3 is 5.97 Å². The van der Waals surface area contributed by atoms with Crippen LogP contribution in [0.4, 0.5) is 5.69 Å². The molecule has 0 aromatic heterocycles. The predicted molar refractivity (Wildman–Crippen MR) is 131 cm³/mol. The Balaban J connectivity index is 0.000000739. The molecular formula is C24H25N3O6S. The van der Waals surface area contributed by atoms with Gasteiger partial charge in [0.05, 0.1) is 17.4 Å². The zero-order valence-electron chi connectivity index (χ0n) is 18.8. The fraction of sp³-hybridized carbons (Fsp3) is 0.125. The molecule has 9 nitrogen and oxygen atoms in total. The molecule has 3 aromatic rings. The Bertz CT molecular complexity index is 1280. The van der Waals surface area contributed by atoms with Crippen LogP contribution in [0.2, 0.25) is 0 Å². The predicted octanol–water partition coefficient (Wildman–Crippen LogP) is 2.99. The SMILES string of the molecule is CN(C)c1ccc(C(=O)Oc2ccc(C(=N)N)cc2C(=O)c2ccccc2)cc1.CS(=O)(=O)O. The first-order valence-electron chi connectivity index (χ1n) is 9.87. The highest BCUT2D eigenvalue weighted by atomic mass is 32.2. The van der Waals surface area contributed by atoms with Crippen molar-refractivity contribution in [1.82, 2.24) is 0 Å². The number of rotatable bonds is 6. The molecule has 0 fully saturated rings. The number of ether oxygens (including phenoxy) is 1. The molecule has 178 valence electrons. The Morgan fingerprint density at radius 1 is 0.912 bits per heavy atom. The monoisotopic (exact) mass is 483 g/mol. The van der Waals surface area contributed by atoms with Gasteiger partial charge in [-0.3, -0.25) is 14.8 Å². The first-order valence-corrected chi connectivity index (χ1v) is 11.7. The fourth-order valence-electron chi connectivity index (χ4n) is 2.76. The van der Waals surface area contributed by atoms with Gasteiger partial charge in [-0.2, -0.15) is 8.42 Å². The zero-order chi connectivity index (χ0) is 25.5. The average molecular weight is 484 g/mol. The minimum Gasteiger partial charge on any atom is -0.422 e. The molecule has 0 atom stereocenters. The van der Waals surface area contributed by atoms with Crippen LogP contribution in [0, 0.1) is 5.41 Å². The summed E-state index contributed by atoms with van der Waals surface area (Å²) in [5.41, 5.74) is 7.87. The van der Waals surface area contributed by atoms with E-state index in [-0.39, 0.29) is 22.9 Å². The van der Waals surface area contributed by atoms with E-state index in [0.29, 0.717) is 22.9 Å². The maximum absolute atomic E-state index is 13.0. The standard InChI is InChI=1S/C23H21N3O3.CH4O3S/c1-26(2)18-11-8-16(9-12-18)23(28)29-20-13-10-17(22(24)25)14-19(20)21(27)15-6-4-3-5-7-15;1-5(2,3)4/h3-14H,1-2H3,(H3,24,25);1H3,(H,2,3,4). The minimum atomic E-state index is -3.67. The van der Waals surface area contributed by atoms with Crippen LogP contribution in [0.5, 0.6) is 5.75 Å². The lowest BCUT2D eigenvalue weighted by Gasteiger charge is -2.13. The highest BCUT2D eigenvalue weighted by Gasteiger charge is 2.19. The van der Waals surface area contributed by atoms with Crippen LogP contribution in [-0.2, 0) is 10.1 Å². The third-order valence-corrected chi connectivity index (χ3v) is 4.39. The van der Waals surface area contributed by atoms with E-state index in [4.69, 9.17) is 20.4 Å². The zero-order valence-corrected chi connectivity index (χ0v) is 19.7. The minimum absolute atomic E-state index is 0.116. The summed E-state index contributed by atoms with van der Waals surface area (Å²) in [6.07, 6.45) is 0.715. The van der Waals surface area contributed by atoms with Crippen LogP contribution in [-0.4, -0.2) is 50.9 Å². The summed E-state index contributed by atoms with van der Waals surface area (Å²) >= 11 is 0. The number of carbonyl (C=O) groups excluding carboxylic acids is 2. The first kappa shape index (κ1) is 26.2. The van der Waals surface area contributed by atoms with Crippen LogP contribution >= 0.6 is 0 Å². The van der Waals surface area contributed by atoms with Crippen molar-refractivity contribution < 1.29 is 27.3 Å². The van der Waals surface area contributed by atoms with Crippen molar-refractivity contribution in [3.8, 4) is 5.75 Å². The number of nitrogen functional groups attached to an aromatic ring is 1. The molecule has 3 rings (SSSR count). The summed E-state index contributed by atoms with van der Waals surface area (Å²) in [5, 5.41) is 7.63. The quantitative estimate of drug-likeness (QED) is 0.121. The van der Waals surface area contributed by atoms with Crippen LogP contribution < -0.4 is 15.4 Å². The molecule has 10 heteroatoms. The largest absolute Gasteiger partial charge is 0.422 e. The summed E-state index contributed by atoms with van der Waals surface area (Å²) in [6, 6.07) is 20.1. The topological polar surface area (TPSA) is 151 Å². The number of carbonyl (C=O) groups is 2. The van der Waals surface area contributed by atoms with Gasteiger partial charge in [-0.15, -0.1) is 0 Å². The molecule has 0 bridgehead atoms. The van der Waals surface area contributed by atoms with Crippen LogP contribution in [0.25, 0.3) is 0 Å². The highest BCUT2D eigenvalue weighted by Crippen LogP contribution is 2.25. The van der Waals surface area contributed by atoms with Gasteiger partial charge in [0, 0.05) is 30.9 Å². The number of ketones is 1. The Morgan fingerprint density at radius 2 is 1.44 bits per heavy atom. The second-order valence-electron chi connectivity index (χ2n) is 7.38. The summed E-state index contributed by atoms with van der Waals surface area (Å²) in [4.78, 5) is 27.5. The number of hydrogen-bond acceptors (Lipinski definition) is 7. The Labute approximate surface area is 198 Å². The number of hydrogen-bond donors (Lipinski definition) is 3. The molecule has 3 aromatic carbocycles. The van der Waals surface area contributed by atoms with E-state index >= 15 is 0 Å². The van der Waals surface area contributed by atoms with Gasteiger partial charge in [0.2, 0.25) is 0 Å². The van der Waals surface area contributed by atoms with E-state index in [1.165, 1.54) is 12.1 Å². The lowest BCUT2D eigenvalue weighted by Crippen LogP contribution is -2.16. The number of nitrogens with zero attached hydrogens (tertiary/aromatic N) is 1. The number of amidine groups is 1. The van der Waals surface area contributed by atoms with Crippen molar-refractivity contribution in [2.75, 3.05) is 25.3 Å². The second-order valence-corrected chi connectivity index (χ2v) is 8.85. The molecular weight excluding hydrogens is 458 g/mol. The van der Waals surface area contributed by atoms with E-state index in [1.54, 1.807) is 48.5 Å². The number of nitrogens with one attached hydrogen (secondary N) is 1. The van der Waals surface area contributed by atoms with E-state index in [9.17, 15) is 18.0 Å². The Kier molecular flexibility index (Phi) is 8.65. The van der Waals surface area contributed by atoms with Gasteiger partial charge in [-0.1, -0.05) is 30.3 Å². The molecule has 0 aliphatic carbocycles. The summed E-state index contributed by atoms with van der Waals surface area (Å²) in [6.45, 7) is 0. The number of anilines is 1. The third-order valence-electron chi connectivity index (χ3n) is 4.39. The van der Waals surface area contributed by atoms with Gasteiger partial charge in [-0.25, -0.2) is 4.79 Å². The van der Waals surface area contributed by atoms with Gasteiger partial charge in [-0.05, 0) is 42.5 Å². The van der Waals surface area contributed by atoms with E-state index in [2.05, 4.69) is 0 Å². The molecule has 0 aliphatic rings. The van der Waals surface area contributed by atoms with Crippen molar-refractivity contribution in [3.05, 3.63) is 95.1 Å². The molecule has 0 unspecified atom stereocenters. The molecule has 0 saturated carbocycles. The Hall–Kier alpha value is -4.02. The first-order chi connectivity index (χ1) is 15.9. The third kappa shape index (κ3) is 7.84. The number of benzene rings is 3. The molecule has 0 heterocycles. The van der Waals surface area contributed by atoms with Crippen molar-refractivity contribution in [2.24, 2.45) is 5.73 Å². The summed E-state index contributed by atoms with van der Waals surface area (Å²) in [7, 11) is 0.150. The van der Waals surface area contributed by atoms with E-state index < -0.39 is 16.1 Å². The maximum Gasteiger partial charge on any atom is 0.343 e. The number of nitrogens with two attached hydrogens (primary N) is 1. The molecule has 0 spiro atoms. The number of esters is 1. The molecule has 34 heavy (non-hydrogen) atoms. The van der Waals surface area contributed by atoms with E-state index in [0.717, 1.165) is 5.69 Å². The van der Waals surface area contributed by atoms with Crippen molar-refractivity contribution in [3.63, 3.8) is 0 Å². The van der Waals surface area contributed by atoms with Gasteiger partial charge < -0.3 is 15.4 Å². The molecule has 0 amide bonds. The molecule has 0 saturated heterocycles. The van der Waals surface area contributed by atoms with E-state index in [1.807, 2.05) is 31.1 Å². The van der Waals surface area contributed by atoms with Gasteiger partial charge in [0.25, 0.3) is 10.1 Å². The van der Waals surface area contributed by atoms with Crippen LogP contribution in [0.1, 0.15) is 31.8 Å².